The minimum Gasteiger partial charge on any atom is -0.340 e. The summed E-state index contributed by atoms with van der Waals surface area (Å²) in [5, 5.41) is 10.2. The number of amides is 5. The molecule has 5 amide bonds. The third-order valence-electron chi connectivity index (χ3n) is 10.9. The summed E-state index contributed by atoms with van der Waals surface area (Å²) in [4.78, 5) is 57.0. The Kier molecular flexibility index (Phi) is 10.7. The van der Waals surface area contributed by atoms with Gasteiger partial charge in [0.1, 0.15) is 21.8 Å². The summed E-state index contributed by atoms with van der Waals surface area (Å²) in [6.07, 6.45) is 0.469. The van der Waals surface area contributed by atoms with E-state index in [0.29, 0.717) is 0 Å². The fourth-order valence-electron chi connectivity index (χ4n) is 7.14. The maximum absolute atomic E-state index is 14.5. The van der Waals surface area contributed by atoms with Crippen molar-refractivity contribution in [3.63, 3.8) is 0 Å². The van der Waals surface area contributed by atoms with Crippen LogP contribution in [0.15, 0.2) is 56.9 Å². The zero-order valence-electron chi connectivity index (χ0n) is 31.7. The molecule has 2 aromatic rings. The van der Waals surface area contributed by atoms with E-state index in [9.17, 15) is 36.0 Å². The van der Waals surface area contributed by atoms with E-state index >= 15 is 0 Å². The first-order valence-electron chi connectivity index (χ1n) is 17.6. The van der Waals surface area contributed by atoms with E-state index in [1.165, 1.54) is 46.6 Å². The molecule has 2 aliphatic carbocycles. The largest absolute Gasteiger partial charge is 0.340 e. The fraction of sp³-hybridized carbons (Fsp3) is 0.611. The fourth-order valence-corrected chi connectivity index (χ4v) is 10.6. The van der Waals surface area contributed by atoms with Crippen LogP contribution in [0.5, 0.6) is 0 Å². The van der Waals surface area contributed by atoms with Gasteiger partial charge in [-0.05, 0) is 64.5 Å². The predicted octanol–water partition coefficient (Wildman–Crippen LogP) is 3.13. The van der Waals surface area contributed by atoms with E-state index < -0.39 is 78.3 Å². The smallest absolute Gasteiger partial charge is 0.315 e. The van der Waals surface area contributed by atoms with Gasteiger partial charge in [0.15, 0.2) is 0 Å². The summed E-state index contributed by atoms with van der Waals surface area (Å²) >= 11 is 1.10. The molecule has 2 heterocycles. The standard InChI is InChI=1S/C36H52N6O8S3/c1-33(2,3)24(21-41(9)53(49,50)25-16-13-19-51-25)37-32(46)38-28(34(4,5)6)30(44)42-20-23-26(35(23,7)8)27(42)29(43)39-36(17-18-36)31(45)40-52(47,48)22-14-11-10-12-15-22/h10-16,19,23-24,26-28H,17-18,20-21H2,1-9H3,(H,39,43)(H,40,45)(H2,37,38,46)/t23?,24-,26+,27+,28?/m1/s1. The molecule has 5 atom stereocenters. The van der Waals surface area contributed by atoms with Gasteiger partial charge in [-0.15, -0.1) is 11.3 Å². The summed E-state index contributed by atoms with van der Waals surface area (Å²) in [5.74, 6) is -2.07. The number of hydrogen-bond acceptors (Lipinski definition) is 9. The highest BCUT2D eigenvalue weighted by Crippen LogP contribution is 2.65. The van der Waals surface area contributed by atoms with E-state index in [4.69, 9.17) is 0 Å². The molecular formula is C36H52N6O8S3. The number of piperidine rings is 1. The summed E-state index contributed by atoms with van der Waals surface area (Å²) in [6, 6.07) is 7.29. The van der Waals surface area contributed by atoms with E-state index in [1.807, 2.05) is 34.6 Å². The number of carbonyl (C=O) groups is 4. The van der Waals surface area contributed by atoms with E-state index in [0.717, 1.165) is 11.3 Å². The second-order valence-electron chi connectivity index (χ2n) is 17.3. The molecule has 1 aromatic carbocycles. The summed E-state index contributed by atoms with van der Waals surface area (Å²) in [5.41, 5.74) is -3.07. The van der Waals surface area contributed by atoms with Gasteiger partial charge in [0, 0.05) is 26.2 Å². The van der Waals surface area contributed by atoms with Gasteiger partial charge in [0.05, 0.1) is 4.90 Å². The highest BCUT2D eigenvalue weighted by Gasteiger charge is 2.70. The van der Waals surface area contributed by atoms with Crippen molar-refractivity contribution in [3.8, 4) is 0 Å². The predicted molar refractivity (Wildman–Crippen MR) is 200 cm³/mol. The van der Waals surface area contributed by atoms with Crippen molar-refractivity contribution in [2.24, 2.45) is 28.1 Å². The van der Waals surface area contributed by atoms with Gasteiger partial charge in [0.2, 0.25) is 11.8 Å². The summed E-state index contributed by atoms with van der Waals surface area (Å²) in [7, 11) is -6.51. The van der Waals surface area contributed by atoms with Crippen LogP contribution < -0.4 is 20.7 Å². The Balaban J connectivity index is 1.31. The van der Waals surface area contributed by atoms with Crippen LogP contribution in [0.3, 0.4) is 0 Å². The lowest BCUT2D eigenvalue weighted by Crippen LogP contribution is -2.63. The summed E-state index contributed by atoms with van der Waals surface area (Å²) < 4.78 is 55.6. The molecule has 4 N–H and O–H groups in total. The van der Waals surface area contributed by atoms with Crippen LogP contribution in [0.4, 0.5) is 4.79 Å². The number of sulfonamides is 2. The van der Waals surface area contributed by atoms with Crippen LogP contribution in [0.25, 0.3) is 0 Å². The van der Waals surface area contributed by atoms with Crippen molar-refractivity contribution in [1.82, 2.24) is 29.9 Å². The number of benzene rings is 1. The lowest BCUT2D eigenvalue weighted by atomic mass is 9.85. The average Bonchev–Trinajstić information content (AvgIpc) is 3.68. The minimum absolute atomic E-state index is 0.00480. The maximum Gasteiger partial charge on any atom is 0.315 e. The zero-order chi connectivity index (χ0) is 39.5. The van der Waals surface area contributed by atoms with E-state index in [1.54, 1.807) is 38.3 Å². The molecule has 1 aliphatic heterocycles. The molecule has 292 valence electrons. The van der Waals surface area contributed by atoms with Crippen LogP contribution in [0.2, 0.25) is 0 Å². The van der Waals surface area contributed by atoms with Crippen LogP contribution >= 0.6 is 11.3 Å². The Labute approximate surface area is 316 Å². The van der Waals surface area contributed by atoms with E-state index in [2.05, 4.69) is 20.7 Å². The Morgan fingerprint density at radius 1 is 0.925 bits per heavy atom. The second kappa shape index (κ2) is 13.9. The molecule has 2 saturated carbocycles. The molecule has 17 heteroatoms. The topological polar surface area (TPSA) is 191 Å². The first-order chi connectivity index (χ1) is 24.3. The maximum atomic E-state index is 14.5. The van der Waals surface area contributed by atoms with Crippen molar-refractivity contribution >= 4 is 55.1 Å². The number of carbonyl (C=O) groups excluding carboxylic acids is 4. The Hall–Kier alpha value is -3.54. The molecule has 3 fully saturated rings. The molecule has 0 spiro atoms. The van der Waals surface area contributed by atoms with Crippen LogP contribution in [-0.4, -0.2) is 93.6 Å². The third-order valence-corrected chi connectivity index (χ3v) is 15.5. The number of hydrogen-bond donors (Lipinski definition) is 4. The molecule has 53 heavy (non-hydrogen) atoms. The van der Waals surface area contributed by atoms with E-state index in [-0.39, 0.29) is 52.3 Å². The molecule has 3 aliphatic rings. The normalized spacial score (nSPS) is 23.0. The van der Waals surface area contributed by atoms with Gasteiger partial charge in [-0.2, -0.15) is 4.31 Å². The second-order valence-corrected chi connectivity index (χ2v) is 22.2. The van der Waals surface area contributed by atoms with Crippen molar-refractivity contribution in [3.05, 3.63) is 47.8 Å². The van der Waals surface area contributed by atoms with Crippen molar-refractivity contribution in [2.75, 3.05) is 20.1 Å². The third kappa shape index (κ3) is 8.27. The van der Waals surface area contributed by atoms with Crippen molar-refractivity contribution < 1.29 is 36.0 Å². The molecule has 5 rings (SSSR count). The molecular weight excluding hydrogens is 741 g/mol. The number of fused-ring (bicyclic) bond motifs is 1. The average molecular weight is 793 g/mol. The number of rotatable bonds is 12. The number of urea groups is 1. The van der Waals surface area contributed by atoms with Gasteiger partial charge < -0.3 is 20.9 Å². The minimum atomic E-state index is -4.18. The van der Waals surface area contributed by atoms with Crippen LogP contribution in [0, 0.1) is 28.1 Å². The molecule has 14 nitrogen and oxygen atoms in total. The van der Waals surface area contributed by atoms with Gasteiger partial charge in [-0.1, -0.05) is 79.7 Å². The Morgan fingerprint density at radius 3 is 2.08 bits per heavy atom. The van der Waals surface area contributed by atoms with Gasteiger partial charge in [0.25, 0.3) is 26.0 Å². The molecule has 0 bridgehead atoms. The zero-order valence-corrected chi connectivity index (χ0v) is 34.2. The quantitative estimate of drug-likeness (QED) is 0.252. The monoisotopic (exact) mass is 792 g/mol. The van der Waals surface area contributed by atoms with Gasteiger partial charge >= 0.3 is 6.03 Å². The lowest BCUT2D eigenvalue weighted by molar-refractivity contribution is -0.144. The highest BCUT2D eigenvalue weighted by molar-refractivity contribution is 7.91. The first kappa shape index (κ1) is 40.6. The van der Waals surface area contributed by atoms with Crippen molar-refractivity contribution in [2.45, 2.75) is 101 Å². The van der Waals surface area contributed by atoms with Gasteiger partial charge in [-0.25, -0.2) is 26.4 Å². The van der Waals surface area contributed by atoms with Crippen LogP contribution in [0.1, 0.15) is 68.2 Å². The van der Waals surface area contributed by atoms with Crippen LogP contribution in [-0.2, 0) is 34.4 Å². The molecule has 0 radical (unpaired) electrons. The summed E-state index contributed by atoms with van der Waals surface area (Å²) in [6.45, 7) is 15.3. The SMILES string of the molecule is CN(C[C@@H](NC(=O)NC(C(=O)N1CC2[C@@H]([C@H]1C(=O)NC1(C(=O)NS(=O)(=O)c3ccccc3)CC1)C2(C)C)C(C)(C)C)C(C)(C)C)S(=O)(=O)c1cccs1. The van der Waals surface area contributed by atoms with Crippen molar-refractivity contribution in [1.29, 1.82) is 0 Å². The number of thiophene rings is 1. The molecule has 1 saturated heterocycles. The Morgan fingerprint density at radius 2 is 1.55 bits per heavy atom. The lowest BCUT2D eigenvalue weighted by Gasteiger charge is -2.39. The molecule has 2 unspecified atom stereocenters. The number of nitrogens with zero attached hydrogens (tertiary/aromatic N) is 2. The number of likely N-dealkylation sites (tertiary alicyclic amines) is 1. The first-order valence-corrected chi connectivity index (χ1v) is 21.4. The number of likely N-dealkylation sites (N-methyl/N-ethyl adjacent to an activating group) is 1. The number of nitrogens with one attached hydrogen (secondary N) is 4. The Bertz CT molecular complexity index is 1950. The molecule has 1 aromatic heterocycles. The highest BCUT2D eigenvalue weighted by atomic mass is 32.2. The van der Waals surface area contributed by atoms with Gasteiger partial charge in [-0.3, -0.25) is 14.4 Å².